The predicted octanol–water partition coefficient (Wildman–Crippen LogP) is 1.09. The van der Waals surface area contributed by atoms with Crippen molar-refractivity contribution in [3.63, 3.8) is 0 Å². The Morgan fingerprint density at radius 1 is 1.35 bits per heavy atom. The van der Waals surface area contributed by atoms with Gasteiger partial charge in [0.2, 0.25) is 10.0 Å². The van der Waals surface area contributed by atoms with Crippen LogP contribution in [0.2, 0.25) is 0 Å². The van der Waals surface area contributed by atoms with Crippen molar-refractivity contribution >= 4 is 21.4 Å². The zero-order valence-electron chi connectivity index (χ0n) is 12.4. The standard InChI is InChI=1S/C13H23N3O3S/c1-9(2)16(5-6-19-4)12-7-11(14)8-13(10(12)3)20(15,17)18/h7-9H,5-6,14H2,1-4H3,(H2,15,17,18). The molecule has 0 aliphatic carbocycles. The van der Waals surface area contributed by atoms with Crippen molar-refractivity contribution in [2.75, 3.05) is 30.9 Å². The van der Waals surface area contributed by atoms with E-state index in [1.807, 2.05) is 18.7 Å². The van der Waals surface area contributed by atoms with Crippen molar-refractivity contribution < 1.29 is 13.2 Å². The number of rotatable bonds is 6. The van der Waals surface area contributed by atoms with Gasteiger partial charge in [-0.05, 0) is 38.5 Å². The lowest BCUT2D eigenvalue weighted by atomic mass is 10.1. The topological polar surface area (TPSA) is 98.7 Å². The SMILES string of the molecule is COCCN(c1cc(N)cc(S(N)(=O)=O)c1C)C(C)C. The van der Waals surface area contributed by atoms with E-state index < -0.39 is 10.0 Å². The molecule has 0 aliphatic rings. The first-order chi connectivity index (χ1) is 9.18. The molecule has 0 unspecified atom stereocenters. The Hall–Kier alpha value is -1.31. The fourth-order valence-corrected chi connectivity index (χ4v) is 2.97. The molecule has 0 saturated heterocycles. The van der Waals surface area contributed by atoms with Crippen molar-refractivity contribution in [2.45, 2.75) is 31.7 Å². The Bertz CT molecular complexity index is 570. The van der Waals surface area contributed by atoms with Crippen LogP contribution in [0.4, 0.5) is 11.4 Å². The number of benzene rings is 1. The van der Waals surface area contributed by atoms with Gasteiger partial charge in [0, 0.05) is 31.1 Å². The average Bonchev–Trinajstić information content (AvgIpc) is 2.31. The Kier molecular flexibility index (Phi) is 5.38. The largest absolute Gasteiger partial charge is 0.399 e. The van der Waals surface area contributed by atoms with Gasteiger partial charge in [-0.15, -0.1) is 0 Å². The van der Waals surface area contributed by atoms with E-state index >= 15 is 0 Å². The van der Waals surface area contributed by atoms with Crippen molar-refractivity contribution in [3.8, 4) is 0 Å². The second-order valence-electron chi connectivity index (χ2n) is 4.99. The van der Waals surface area contributed by atoms with Crippen molar-refractivity contribution in [2.24, 2.45) is 5.14 Å². The van der Waals surface area contributed by atoms with Crippen molar-refractivity contribution in [1.82, 2.24) is 0 Å². The number of nitrogens with two attached hydrogens (primary N) is 2. The van der Waals surface area contributed by atoms with Gasteiger partial charge in [-0.2, -0.15) is 0 Å². The molecular formula is C13H23N3O3S. The molecule has 4 N–H and O–H groups in total. The number of anilines is 2. The minimum Gasteiger partial charge on any atom is -0.399 e. The molecular weight excluding hydrogens is 278 g/mol. The molecule has 0 saturated carbocycles. The zero-order valence-corrected chi connectivity index (χ0v) is 13.2. The number of nitrogen functional groups attached to an aromatic ring is 1. The molecule has 0 bridgehead atoms. The third-order valence-electron chi connectivity index (χ3n) is 3.13. The Labute approximate surface area is 120 Å². The maximum Gasteiger partial charge on any atom is 0.238 e. The van der Waals surface area contributed by atoms with Gasteiger partial charge in [-0.3, -0.25) is 0 Å². The van der Waals surface area contributed by atoms with Gasteiger partial charge in [0.25, 0.3) is 0 Å². The summed E-state index contributed by atoms with van der Waals surface area (Å²) in [6.07, 6.45) is 0. The molecule has 0 radical (unpaired) electrons. The number of methoxy groups -OCH3 is 1. The molecule has 1 aromatic carbocycles. The van der Waals surface area contributed by atoms with Crippen LogP contribution in [-0.2, 0) is 14.8 Å². The Morgan fingerprint density at radius 3 is 2.40 bits per heavy atom. The number of primary sulfonamides is 1. The molecule has 0 atom stereocenters. The van der Waals surface area contributed by atoms with Gasteiger partial charge in [0.1, 0.15) is 0 Å². The van der Waals surface area contributed by atoms with Crippen molar-refractivity contribution in [3.05, 3.63) is 17.7 Å². The number of sulfonamides is 1. The van der Waals surface area contributed by atoms with Crippen LogP contribution >= 0.6 is 0 Å². The van der Waals surface area contributed by atoms with Gasteiger partial charge in [0.05, 0.1) is 11.5 Å². The highest BCUT2D eigenvalue weighted by Crippen LogP contribution is 2.30. The van der Waals surface area contributed by atoms with Gasteiger partial charge in [-0.1, -0.05) is 0 Å². The van der Waals surface area contributed by atoms with Gasteiger partial charge >= 0.3 is 0 Å². The summed E-state index contributed by atoms with van der Waals surface area (Å²) in [5.41, 5.74) is 7.55. The minimum absolute atomic E-state index is 0.0653. The van der Waals surface area contributed by atoms with Crippen LogP contribution in [0.1, 0.15) is 19.4 Å². The van der Waals surface area contributed by atoms with E-state index in [1.54, 1.807) is 20.1 Å². The first-order valence-electron chi connectivity index (χ1n) is 6.37. The molecule has 7 heteroatoms. The lowest BCUT2D eigenvalue weighted by Gasteiger charge is -2.31. The van der Waals surface area contributed by atoms with E-state index in [4.69, 9.17) is 15.6 Å². The molecule has 114 valence electrons. The highest BCUT2D eigenvalue weighted by atomic mass is 32.2. The lowest BCUT2D eigenvalue weighted by molar-refractivity contribution is 0.204. The van der Waals surface area contributed by atoms with E-state index in [0.29, 0.717) is 24.4 Å². The summed E-state index contributed by atoms with van der Waals surface area (Å²) >= 11 is 0. The molecule has 0 amide bonds. The van der Waals surface area contributed by atoms with Crippen molar-refractivity contribution in [1.29, 1.82) is 0 Å². The first-order valence-corrected chi connectivity index (χ1v) is 7.91. The third-order valence-corrected chi connectivity index (χ3v) is 4.17. The summed E-state index contributed by atoms with van der Waals surface area (Å²) in [4.78, 5) is 2.11. The zero-order chi connectivity index (χ0) is 15.5. The fourth-order valence-electron chi connectivity index (χ4n) is 2.13. The summed E-state index contributed by atoms with van der Waals surface area (Å²) in [5.74, 6) is 0. The van der Waals surface area contributed by atoms with Crippen LogP contribution in [-0.4, -0.2) is 34.7 Å². The molecule has 0 aliphatic heterocycles. The lowest BCUT2D eigenvalue weighted by Crippen LogP contribution is -2.34. The van der Waals surface area contributed by atoms with E-state index in [-0.39, 0.29) is 10.9 Å². The van der Waals surface area contributed by atoms with Gasteiger partial charge in [-0.25, -0.2) is 13.6 Å². The molecule has 20 heavy (non-hydrogen) atoms. The van der Waals surface area contributed by atoms with E-state index in [0.717, 1.165) is 5.69 Å². The van der Waals surface area contributed by atoms with Crippen LogP contribution in [0.3, 0.4) is 0 Å². The van der Waals surface area contributed by atoms with Crippen LogP contribution in [0.15, 0.2) is 17.0 Å². The monoisotopic (exact) mass is 301 g/mol. The number of hydrogen-bond acceptors (Lipinski definition) is 5. The quantitative estimate of drug-likeness (QED) is 0.766. The Balaban J connectivity index is 3.39. The summed E-state index contributed by atoms with van der Waals surface area (Å²) < 4.78 is 28.4. The average molecular weight is 301 g/mol. The molecule has 6 nitrogen and oxygen atoms in total. The Morgan fingerprint density at radius 2 is 1.95 bits per heavy atom. The molecule has 0 fully saturated rings. The molecule has 0 heterocycles. The van der Waals surface area contributed by atoms with Gasteiger partial charge in [0.15, 0.2) is 0 Å². The fraction of sp³-hybridized carbons (Fsp3) is 0.538. The predicted molar refractivity (Wildman–Crippen MR) is 81.3 cm³/mol. The summed E-state index contributed by atoms with van der Waals surface area (Å²) in [7, 11) is -2.17. The van der Waals surface area contributed by atoms with Crippen LogP contribution in [0, 0.1) is 6.92 Å². The van der Waals surface area contributed by atoms with E-state index in [2.05, 4.69) is 0 Å². The van der Waals surface area contributed by atoms with Crippen LogP contribution in [0.25, 0.3) is 0 Å². The minimum atomic E-state index is -3.80. The smallest absolute Gasteiger partial charge is 0.238 e. The number of nitrogens with zero attached hydrogens (tertiary/aromatic N) is 1. The van der Waals surface area contributed by atoms with E-state index in [1.165, 1.54) is 6.07 Å². The first kappa shape index (κ1) is 16.7. The normalized spacial score (nSPS) is 11.9. The second-order valence-corrected chi connectivity index (χ2v) is 6.52. The number of hydrogen-bond donors (Lipinski definition) is 2. The maximum atomic E-state index is 11.6. The van der Waals surface area contributed by atoms with E-state index in [9.17, 15) is 8.42 Å². The third kappa shape index (κ3) is 3.84. The molecule has 0 aromatic heterocycles. The molecule has 1 rings (SSSR count). The highest BCUT2D eigenvalue weighted by Gasteiger charge is 2.20. The maximum absolute atomic E-state index is 11.6. The molecule has 0 spiro atoms. The summed E-state index contributed by atoms with van der Waals surface area (Å²) in [6, 6.07) is 3.34. The van der Waals surface area contributed by atoms with Crippen LogP contribution in [0.5, 0.6) is 0 Å². The van der Waals surface area contributed by atoms with Crippen LogP contribution < -0.4 is 15.8 Å². The summed E-state index contributed by atoms with van der Waals surface area (Å²) in [5, 5.41) is 5.25. The van der Waals surface area contributed by atoms with Gasteiger partial charge < -0.3 is 15.4 Å². The highest BCUT2D eigenvalue weighted by molar-refractivity contribution is 7.89. The number of ether oxygens (including phenoxy) is 1. The molecule has 1 aromatic rings. The summed E-state index contributed by atoms with van der Waals surface area (Å²) in [6.45, 7) is 6.96. The second kappa shape index (κ2) is 6.43.